The van der Waals surface area contributed by atoms with Crippen LogP contribution >= 0.6 is 0 Å². The number of para-hydroxylation sites is 1. The summed E-state index contributed by atoms with van der Waals surface area (Å²) in [7, 11) is 0. The van der Waals surface area contributed by atoms with E-state index >= 15 is 0 Å². The fourth-order valence-corrected chi connectivity index (χ4v) is 4.87. The molecule has 181 valence electrons. The second-order valence-corrected chi connectivity index (χ2v) is 9.31. The van der Waals surface area contributed by atoms with Gasteiger partial charge in [0.1, 0.15) is 5.69 Å². The zero-order valence-electron chi connectivity index (χ0n) is 20.5. The van der Waals surface area contributed by atoms with Crippen LogP contribution in [-0.2, 0) is 0 Å². The Hall–Kier alpha value is -4.56. The summed E-state index contributed by atoms with van der Waals surface area (Å²) in [6.07, 6.45) is 0. The third kappa shape index (κ3) is 5.26. The topological polar surface area (TPSA) is 44.5 Å². The molecule has 0 saturated carbocycles. The van der Waals surface area contributed by atoms with Gasteiger partial charge in [-0.05, 0) is 35.4 Å². The first kappa shape index (κ1) is 23.8. The van der Waals surface area contributed by atoms with Crippen molar-refractivity contribution in [3.05, 3.63) is 140 Å². The molecule has 38 heavy (non-hydrogen) atoms. The highest BCUT2D eigenvalue weighted by atomic mass is 27.2. The zero-order valence-corrected chi connectivity index (χ0v) is 21.7. The number of benzene rings is 5. The van der Waals surface area contributed by atoms with Gasteiger partial charge in [0.05, 0.1) is 17.1 Å². The van der Waals surface area contributed by atoms with Crippen molar-refractivity contribution >= 4 is 15.9 Å². The molecule has 0 amide bonds. The highest BCUT2D eigenvalue weighted by Crippen LogP contribution is 2.38. The highest BCUT2D eigenvalue weighted by Gasteiger charge is 2.20. The van der Waals surface area contributed by atoms with E-state index in [-0.39, 0.29) is 0 Å². The summed E-state index contributed by atoms with van der Waals surface area (Å²) in [6.45, 7) is 0. The van der Waals surface area contributed by atoms with Gasteiger partial charge >= 0.3 is 15.9 Å². The highest BCUT2D eigenvalue weighted by molar-refractivity contribution is 6.21. The minimum Gasteiger partial charge on any atom is -0.616 e. The van der Waals surface area contributed by atoms with E-state index in [9.17, 15) is 0 Å². The normalized spacial score (nSPS) is 10.6. The van der Waals surface area contributed by atoms with Crippen molar-refractivity contribution in [1.82, 2.24) is 4.98 Å². The van der Waals surface area contributed by atoms with Gasteiger partial charge in [0, 0.05) is 11.1 Å². The minimum absolute atomic E-state index is 0.505. The van der Waals surface area contributed by atoms with Gasteiger partial charge in [-0.25, -0.2) is 4.98 Å². The summed E-state index contributed by atoms with van der Waals surface area (Å²) >= 11 is -0.794. The molecule has 0 bridgehead atoms. The molecule has 0 atom stereocenters. The molecule has 5 heteroatoms. The summed E-state index contributed by atoms with van der Waals surface area (Å²) < 4.78 is 18.5. The predicted molar refractivity (Wildman–Crippen MR) is 152 cm³/mol. The summed E-state index contributed by atoms with van der Waals surface area (Å²) in [4.78, 5) is 4.91. The Labute approximate surface area is 228 Å². The Morgan fingerprint density at radius 2 is 1.05 bits per heavy atom. The smallest absolute Gasteiger partial charge is 0.616 e. The lowest BCUT2D eigenvalue weighted by Gasteiger charge is -2.11. The van der Waals surface area contributed by atoms with Crippen LogP contribution in [0, 0.1) is 0 Å². The molecule has 1 heterocycles. The van der Waals surface area contributed by atoms with E-state index in [0.29, 0.717) is 11.6 Å². The molecule has 0 spiro atoms. The maximum Gasteiger partial charge on any atom is 0.881 e. The molecule has 0 N–H and O–H groups in total. The van der Waals surface area contributed by atoms with Gasteiger partial charge in [-0.2, -0.15) is 0 Å². The van der Waals surface area contributed by atoms with E-state index in [1.165, 1.54) is 5.56 Å². The fourth-order valence-electron chi connectivity index (χ4n) is 4.25. The van der Waals surface area contributed by atoms with Gasteiger partial charge < -0.3 is 12.0 Å². The number of aromatic nitrogens is 1. The summed E-state index contributed by atoms with van der Waals surface area (Å²) in [5.74, 6) is 2.67. The Morgan fingerprint density at radius 3 is 1.74 bits per heavy atom. The van der Waals surface area contributed by atoms with E-state index in [1.807, 2.05) is 115 Å². The molecule has 5 aromatic carbocycles. The number of nitrogens with zero attached hydrogens (tertiary/aromatic N) is 1. The molecule has 4 nitrogen and oxygen atoms in total. The van der Waals surface area contributed by atoms with Crippen LogP contribution in [0.1, 0.15) is 0 Å². The van der Waals surface area contributed by atoms with Crippen molar-refractivity contribution in [2.75, 3.05) is 0 Å². The Morgan fingerprint density at radius 1 is 0.500 bits per heavy atom. The van der Waals surface area contributed by atoms with Crippen molar-refractivity contribution in [3.8, 4) is 56.7 Å². The first-order chi connectivity index (χ1) is 18.8. The molecule has 0 unspecified atom stereocenters. The average molecular weight is 509 g/mol. The zero-order chi connectivity index (χ0) is 25.6. The SMILES string of the molecule is c1ccc(-c2ccc([O][Al][O]c3ccccc3-c3nc(-c4ccccc4)c(-c4ccccc4)o3)cc2)cc1. The minimum atomic E-state index is -0.794. The van der Waals surface area contributed by atoms with Crippen molar-refractivity contribution < 1.29 is 12.0 Å². The van der Waals surface area contributed by atoms with Crippen molar-refractivity contribution in [1.29, 1.82) is 0 Å². The number of hydrogen-bond acceptors (Lipinski definition) is 4. The van der Waals surface area contributed by atoms with Crippen LogP contribution in [0.2, 0.25) is 0 Å². The van der Waals surface area contributed by atoms with Crippen LogP contribution in [-0.4, -0.2) is 20.9 Å². The fraction of sp³-hybridized carbons (Fsp3) is 0. The van der Waals surface area contributed by atoms with E-state index in [0.717, 1.165) is 39.5 Å². The van der Waals surface area contributed by atoms with E-state index in [1.54, 1.807) is 0 Å². The van der Waals surface area contributed by atoms with E-state index in [4.69, 9.17) is 17.0 Å². The van der Waals surface area contributed by atoms with Gasteiger partial charge in [0.15, 0.2) is 5.76 Å². The molecule has 0 aliphatic carbocycles. The lowest BCUT2D eigenvalue weighted by molar-refractivity contribution is 0.458. The molecule has 0 fully saturated rings. The molecular formula is C33H23AlNO3. The largest absolute Gasteiger partial charge is 0.881 e. The molecule has 0 saturated heterocycles. The third-order valence-electron chi connectivity index (χ3n) is 6.15. The summed E-state index contributed by atoms with van der Waals surface area (Å²) in [5.41, 5.74) is 5.86. The first-order valence-electron chi connectivity index (χ1n) is 12.4. The predicted octanol–water partition coefficient (Wildman–Crippen LogP) is 8.33. The van der Waals surface area contributed by atoms with Gasteiger partial charge in [-0.15, -0.1) is 0 Å². The third-order valence-corrected chi connectivity index (χ3v) is 6.87. The monoisotopic (exact) mass is 508 g/mol. The van der Waals surface area contributed by atoms with Crippen LogP contribution in [0.3, 0.4) is 0 Å². The Bertz CT molecular complexity index is 1560. The molecule has 0 aliphatic rings. The van der Waals surface area contributed by atoms with Crippen LogP contribution < -0.4 is 7.58 Å². The second kappa shape index (κ2) is 11.2. The quantitative estimate of drug-likeness (QED) is 0.194. The number of hydrogen-bond donors (Lipinski definition) is 0. The second-order valence-electron chi connectivity index (χ2n) is 8.65. The van der Waals surface area contributed by atoms with Gasteiger partial charge in [-0.3, -0.25) is 0 Å². The maximum absolute atomic E-state index is 6.38. The van der Waals surface area contributed by atoms with Gasteiger partial charge in [0.2, 0.25) is 5.89 Å². The van der Waals surface area contributed by atoms with Crippen LogP contribution in [0.5, 0.6) is 11.5 Å². The molecule has 6 rings (SSSR count). The van der Waals surface area contributed by atoms with Crippen LogP contribution in [0.15, 0.2) is 144 Å². The standard InChI is InChI=1S/C21H15NO2.C12H10O.Al/c23-18-14-8-7-13-17(18)21-22-19(15-9-3-1-4-10-15)20(24-21)16-11-5-2-6-12-16;13-12-8-6-11(7-9-12)10-4-2-1-3-5-10;/h1-14,23H;1-9,13H;/q;;+2/p-2. The van der Waals surface area contributed by atoms with Crippen molar-refractivity contribution in [3.63, 3.8) is 0 Å². The van der Waals surface area contributed by atoms with Crippen molar-refractivity contribution in [2.45, 2.75) is 0 Å². The van der Waals surface area contributed by atoms with Gasteiger partial charge in [-0.1, -0.05) is 115 Å². The van der Waals surface area contributed by atoms with Crippen LogP contribution in [0.25, 0.3) is 45.2 Å². The average Bonchev–Trinajstić information content (AvgIpc) is 3.45. The van der Waals surface area contributed by atoms with Gasteiger partial charge in [0.25, 0.3) is 0 Å². The Kier molecular flexibility index (Phi) is 7.04. The molecule has 6 aromatic rings. The summed E-state index contributed by atoms with van der Waals surface area (Å²) in [5, 5.41) is 0. The molecule has 1 radical (unpaired) electrons. The lowest BCUT2D eigenvalue weighted by atomic mass is 10.1. The van der Waals surface area contributed by atoms with Crippen molar-refractivity contribution in [2.24, 2.45) is 0 Å². The maximum atomic E-state index is 6.38. The summed E-state index contributed by atoms with van der Waals surface area (Å²) in [6, 6.07) is 46.2. The number of rotatable bonds is 8. The van der Waals surface area contributed by atoms with Crippen LogP contribution in [0.4, 0.5) is 0 Å². The molecule has 0 aliphatic heterocycles. The number of oxazole rings is 1. The van der Waals surface area contributed by atoms with E-state index < -0.39 is 15.9 Å². The molecule has 1 aromatic heterocycles. The molecular weight excluding hydrogens is 485 g/mol. The Balaban J connectivity index is 1.23. The lowest BCUT2D eigenvalue weighted by Crippen LogP contribution is -2.11. The first-order valence-corrected chi connectivity index (χ1v) is 13.3. The van der Waals surface area contributed by atoms with E-state index in [2.05, 4.69) is 24.3 Å².